The summed E-state index contributed by atoms with van der Waals surface area (Å²) in [5.41, 5.74) is 11.5. The summed E-state index contributed by atoms with van der Waals surface area (Å²) in [7, 11) is 0. The summed E-state index contributed by atoms with van der Waals surface area (Å²) in [6.07, 6.45) is 0.849. The summed E-state index contributed by atoms with van der Waals surface area (Å²) in [6.45, 7) is -0.0103. The number of carboxylic acids is 1. The number of nitrogen functional groups attached to an aromatic ring is 1. The molecule has 1 heterocycles. The topological polar surface area (TPSA) is 94.6 Å². The summed E-state index contributed by atoms with van der Waals surface area (Å²) >= 11 is 0. The van der Waals surface area contributed by atoms with Crippen LogP contribution in [-0.4, -0.2) is 28.5 Å². The Bertz CT molecular complexity index is 1520. The second-order valence-corrected chi connectivity index (χ2v) is 8.04. The molecule has 3 N–H and O–H groups in total. The molecule has 0 radical (unpaired) electrons. The molecule has 0 aliphatic heterocycles. The van der Waals surface area contributed by atoms with E-state index in [9.17, 15) is 14.7 Å². The average Bonchev–Trinajstić information content (AvgIpc) is 3.19. The highest BCUT2D eigenvalue weighted by atomic mass is 16.5. The number of fused-ring (bicyclic) bond motifs is 3. The maximum absolute atomic E-state index is 12.6. The molecule has 0 aliphatic rings. The van der Waals surface area contributed by atoms with E-state index in [2.05, 4.69) is 4.57 Å². The number of hydrogen-bond acceptors (Lipinski definition) is 4. The minimum Gasteiger partial charge on any atom is -0.481 e. The third kappa shape index (κ3) is 3.65. The summed E-state index contributed by atoms with van der Waals surface area (Å²) < 4.78 is 7.84. The SMILES string of the molecule is Nc1cccc2c1c1c(OCC(=O)O)cc(-c3ccccc3)c(C=O)c1n2Cc1ccccc1. The zero-order valence-corrected chi connectivity index (χ0v) is 18.3. The zero-order valence-electron chi connectivity index (χ0n) is 18.3. The van der Waals surface area contributed by atoms with E-state index in [4.69, 9.17) is 10.5 Å². The summed E-state index contributed by atoms with van der Waals surface area (Å²) in [5, 5.41) is 10.7. The molecular weight excluding hydrogens is 428 g/mol. The van der Waals surface area contributed by atoms with Crippen molar-refractivity contribution in [1.82, 2.24) is 4.57 Å². The average molecular weight is 450 g/mol. The molecule has 0 bridgehead atoms. The van der Waals surface area contributed by atoms with E-state index in [1.165, 1.54) is 0 Å². The van der Waals surface area contributed by atoms with Crippen LogP contribution < -0.4 is 10.5 Å². The Labute approximate surface area is 195 Å². The molecule has 168 valence electrons. The number of nitrogens with zero attached hydrogens (tertiary/aromatic N) is 1. The van der Waals surface area contributed by atoms with E-state index >= 15 is 0 Å². The molecule has 1 aromatic heterocycles. The van der Waals surface area contributed by atoms with Gasteiger partial charge in [0.05, 0.1) is 16.4 Å². The van der Waals surface area contributed by atoms with E-state index in [1.807, 2.05) is 72.8 Å². The second kappa shape index (κ2) is 8.75. The number of carbonyl (C=O) groups is 2. The van der Waals surface area contributed by atoms with Crippen molar-refractivity contribution in [1.29, 1.82) is 0 Å². The van der Waals surface area contributed by atoms with Crippen LogP contribution in [0.5, 0.6) is 5.75 Å². The smallest absolute Gasteiger partial charge is 0.341 e. The first-order chi connectivity index (χ1) is 16.6. The molecule has 0 aliphatic carbocycles. The van der Waals surface area contributed by atoms with E-state index in [1.54, 1.807) is 12.1 Å². The Morgan fingerprint density at radius 1 is 0.941 bits per heavy atom. The number of nitrogens with two attached hydrogens (primary N) is 1. The summed E-state index contributed by atoms with van der Waals surface area (Å²) in [6, 6.07) is 26.8. The molecule has 0 saturated heterocycles. The van der Waals surface area contributed by atoms with E-state index in [-0.39, 0.29) is 0 Å². The number of ether oxygens (including phenoxy) is 1. The van der Waals surface area contributed by atoms with Crippen LogP contribution in [0.1, 0.15) is 15.9 Å². The molecule has 5 aromatic rings. The van der Waals surface area contributed by atoms with E-state index in [0.29, 0.717) is 40.0 Å². The number of aldehydes is 1. The molecule has 0 amide bonds. The van der Waals surface area contributed by atoms with Crippen LogP contribution in [0.2, 0.25) is 0 Å². The third-order valence-corrected chi connectivity index (χ3v) is 5.93. The largest absolute Gasteiger partial charge is 0.481 e. The van der Waals surface area contributed by atoms with E-state index in [0.717, 1.165) is 28.3 Å². The first-order valence-corrected chi connectivity index (χ1v) is 10.8. The highest BCUT2D eigenvalue weighted by molar-refractivity contribution is 6.21. The Balaban J connectivity index is 1.93. The van der Waals surface area contributed by atoms with Gasteiger partial charge in [-0.2, -0.15) is 0 Å². The summed E-state index contributed by atoms with van der Waals surface area (Å²) in [5.74, 6) is -0.716. The number of rotatable bonds is 7. The van der Waals surface area contributed by atoms with Crippen molar-refractivity contribution >= 4 is 39.7 Å². The number of carbonyl (C=O) groups excluding carboxylic acids is 1. The van der Waals surface area contributed by atoms with Crippen molar-refractivity contribution in [3.63, 3.8) is 0 Å². The van der Waals surface area contributed by atoms with Crippen molar-refractivity contribution in [2.75, 3.05) is 12.3 Å². The van der Waals surface area contributed by atoms with Gasteiger partial charge in [0.15, 0.2) is 12.9 Å². The van der Waals surface area contributed by atoms with Crippen LogP contribution in [0.3, 0.4) is 0 Å². The van der Waals surface area contributed by atoms with Gasteiger partial charge in [0.1, 0.15) is 5.75 Å². The van der Waals surface area contributed by atoms with Gasteiger partial charge < -0.3 is 20.1 Å². The number of hydrogen-bond donors (Lipinski definition) is 2. The molecule has 6 nitrogen and oxygen atoms in total. The fraction of sp³-hybridized carbons (Fsp3) is 0.0714. The maximum Gasteiger partial charge on any atom is 0.341 e. The monoisotopic (exact) mass is 450 g/mol. The first-order valence-electron chi connectivity index (χ1n) is 10.8. The Hall–Kier alpha value is -4.58. The van der Waals surface area contributed by atoms with Crippen LogP contribution in [0.4, 0.5) is 5.69 Å². The van der Waals surface area contributed by atoms with Crippen molar-refractivity contribution in [2.45, 2.75) is 6.54 Å². The van der Waals surface area contributed by atoms with Gasteiger partial charge in [-0.15, -0.1) is 0 Å². The maximum atomic E-state index is 12.6. The Morgan fingerprint density at radius 2 is 1.65 bits per heavy atom. The molecule has 6 heteroatoms. The van der Waals surface area contributed by atoms with Crippen LogP contribution in [-0.2, 0) is 11.3 Å². The lowest BCUT2D eigenvalue weighted by molar-refractivity contribution is -0.139. The van der Waals surface area contributed by atoms with Crippen LogP contribution in [0.25, 0.3) is 32.9 Å². The number of carboxylic acid groups (broad SMARTS) is 1. The van der Waals surface area contributed by atoms with Crippen molar-refractivity contribution < 1.29 is 19.4 Å². The van der Waals surface area contributed by atoms with Gasteiger partial charge in [-0.1, -0.05) is 66.7 Å². The molecule has 0 saturated carbocycles. The lowest BCUT2D eigenvalue weighted by Crippen LogP contribution is -2.10. The normalized spacial score (nSPS) is 11.1. The molecule has 0 spiro atoms. The minimum atomic E-state index is -1.09. The summed E-state index contributed by atoms with van der Waals surface area (Å²) in [4.78, 5) is 23.9. The lowest BCUT2D eigenvalue weighted by atomic mass is 9.96. The van der Waals surface area contributed by atoms with Crippen molar-refractivity contribution in [3.8, 4) is 16.9 Å². The Kier molecular flexibility index (Phi) is 5.47. The molecule has 0 atom stereocenters. The predicted molar refractivity (Wildman–Crippen MR) is 133 cm³/mol. The van der Waals surface area contributed by atoms with Crippen molar-refractivity contribution in [2.24, 2.45) is 0 Å². The fourth-order valence-corrected chi connectivity index (χ4v) is 4.52. The number of anilines is 1. The number of aliphatic carboxylic acids is 1. The van der Waals surface area contributed by atoms with Gasteiger partial charge in [-0.3, -0.25) is 4.79 Å². The molecular formula is C28H22N2O4. The third-order valence-electron chi connectivity index (χ3n) is 5.93. The van der Waals surface area contributed by atoms with Crippen LogP contribution >= 0.6 is 0 Å². The van der Waals surface area contributed by atoms with Gasteiger partial charge in [-0.25, -0.2) is 4.79 Å². The number of aromatic nitrogens is 1. The molecule has 5 rings (SSSR count). The fourth-order valence-electron chi connectivity index (χ4n) is 4.52. The highest BCUT2D eigenvalue weighted by Crippen LogP contribution is 2.44. The zero-order chi connectivity index (χ0) is 23.7. The molecule has 4 aromatic carbocycles. The highest BCUT2D eigenvalue weighted by Gasteiger charge is 2.23. The second-order valence-electron chi connectivity index (χ2n) is 8.04. The van der Waals surface area contributed by atoms with Gasteiger partial charge in [0.2, 0.25) is 0 Å². The quantitative estimate of drug-likeness (QED) is 0.257. The minimum absolute atomic E-state index is 0.372. The standard InChI is InChI=1S/C28H22N2O4/c29-22-12-7-13-23-26(22)27-24(34-17-25(32)33)14-20(19-10-5-2-6-11-19)21(16-31)28(27)30(23)15-18-8-3-1-4-9-18/h1-14,16H,15,17,29H2,(H,32,33). The Morgan fingerprint density at radius 3 is 2.32 bits per heavy atom. The van der Waals surface area contributed by atoms with Crippen LogP contribution in [0.15, 0.2) is 84.9 Å². The van der Waals surface area contributed by atoms with Gasteiger partial charge in [-0.05, 0) is 34.9 Å². The van der Waals surface area contributed by atoms with E-state index < -0.39 is 12.6 Å². The van der Waals surface area contributed by atoms with Gasteiger partial charge >= 0.3 is 5.97 Å². The molecule has 0 fully saturated rings. The van der Waals surface area contributed by atoms with Crippen molar-refractivity contribution in [3.05, 3.63) is 96.1 Å². The van der Waals surface area contributed by atoms with Gasteiger partial charge in [0, 0.05) is 23.2 Å². The van der Waals surface area contributed by atoms with Crippen LogP contribution in [0, 0.1) is 0 Å². The number of benzene rings is 4. The molecule has 34 heavy (non-hydrogen) atoms. The van der Waals surface area contributed by atoms with Gasteiger partial charge in [0.25, 0.3) is 0 Å². The molecule has 0 unspecified atom stereocenters. The predicted octanol–water partition coefficient (Wildman–Crippen LogP) is 5.37. The lowest BCUT2D eigenvalue weighted by Gasteiger charge is -2.15. The first kappa shape index (κ1) is 21.3.